The smallest absolute Gasteiger partial charge is 0.335 e. The summed E-state index contributed by atoms with van der Waals surface area (Å²) in [6.45, 7) is 5.97. The van der Waals surface area contributed by atoms with Crippen LogP contribution in [0, 0.1) is 0 Å². The van der Waals surface area contributed by atoms with Gasteiger partial charge in [-0.1, -0.05) is 43.4 Å². The van der Waals surface area contributed by atoms with Crippen molar-refractivity contribution in [3.63, 3.8) is 0 Å². The molecule has 0 aliphatic carbocycles. The van der Waals surface area contributed by atoms with Crippen molar-refractivity contribution in [1.82, 2.24) is 5.06 Å². The van der Waals surface area contributed by atoms with E-state index in [9.17, 15) is 58.4 Å². The van der Waals surface area contributed by atoms with Crippen LogP contribution in [-0.2, 0) is 69.9 Å². The number of anilines is 2. The Morgan fingerprint density at radius 1 is 0.769 bits per heavy atom. The third-order valence-corrected chi connectivity index (χ3v) is 14.8. The highest BCUT2D eigenvalue weighted by Gasteiger charge is 2.55. The minimum atomic E-state index is -4.61. The zero-order valence-corrected chi connectivity index (χ0v) is 38.9. The summed E-state index contributed by atoms with van der Waals surface area (Å²) >= 11 is 0. The molecule has 3 heterocycles. The number of ether oxygens (including phenoxy) is 2. The molecule has 65 heavy (non-hydrogen) atoms. The van der Waals surface area contributed by atoms with Crippen molar-refractivity contribution in [2.45, 2.75) is 85.5 Å². The zero-order valence-electron chi connectivity index (χ0n) is 36.5. The van der Waals surface area contributed by atoms with Crippen molar-refractivity contribution < 1.29 is 72.7 Å². The lowest BCUT2D eigenvalue weighted by atomic mass is 9.67. The van der Waals surface area contributed by atoms with E-state index in [-0.39, 0.29) is 81.4 Å². The number of β-amino-alcohol motifs (C(OH)–C–C–N with tert-alkyl or cyclic N) is 1. The molecule has 2 aromatic carbocycles. The van der Waals surface area contributed by atoms with Gasteiger partial charge < -0.3 is 29.2 Å². The van der Waals surface area contributed by atoms with Crippen molar-refractivity contribution in [2.75, 3.05) is 62.2 Å². The molecule has 0 bridgehead atoms. The molecule has 0 saturated carbocycles. The van der Waals surface area contributed by atoms with Gasteiger partial charge in [-0.15, -0.1) is 5.06 Å². The van der Waals surface area contributed by atoms with Gasteiger partial charge in [0.1, 0.15) is 0 Å². The van der Waals surface area contributed by atoms with Gasteiger partial charge >= 0.3 is 5.97 Å². The molecule has 2 aromatic rings. The number of carbonyl (C=O) groups excluding carboxylic acids is 3. The van der Waals surface area contributed by atoms with E-state index >= 15 is 0 Å². The molecule has 4 N–H and O–H groups in total. The lowest BCUT2D eigenvalue weighted by Gasteiger charge is -2.45. The van der Waals surface area contributed by atoms with Crippen LogP contribution in [-0.4, -0.2) is 125 Å². The minimum Gasteiger partial charge on any atom is -0.395 e. The summed E-state index contributed by atoms with van der Waals surface area (Å²) in [6, 6.07) is 8.42. The van der Waals surface area contributed by atoms with Crippen molar-refractivity contribution in [3.05, 3.63) is 95.8 Å². The molecule has 19 nitrogen and oxygen atoms in total. The number of rotatable bonds is 22. The molecule has 22 heteroatoms. The fourth-order valence-electron chi connectivity index (χ4n) is 8.70. The summed E-state index contributed by atoms with van der Waals surface area (Å²) in [7, 11) is -12.0. The van der Waals surface area contributed by atoms with E-state index < -0.39 is 70.3 Å². The Hall–Kier alpha value is -4.78. The molecule has 2 amide bonds. The van der Waals surface area contributed by atoms with Crippen LogP contribution >= 0.6 is 0 Å². The molecule has 356 valence electrons. The predicted molar refractivity (Wildman–Crippen MR) is 238 cm³/mol. The van der Waals surface area contributed by atoms with E-state index in [1.165, 1.54) is 37.4 Å². The Bertz CT molecular complexity index is 2600. The van der Waals surface area contributed by atoms with Crippen molar-refractivity contribution in [3.8, 4) is 0 Å². The molecule has 1 saturated heterocycles. The third-order valence-electron chi connectivity index (χ3n) is 12.3. The third kappa shape index (κ3) is 11.4. The fourth-order valence-corrected chi connectivity index (χ4v) is 10.2. The van der Waals surface area contributed by atoms with E-state index in [1.54, 1.807) is 36.4 Å². The van der Waals surface area contributed by atoms with E-state index in [2.05, 4.69) is 0 Å². The van der Waals surface area contributed by atoms with Gasteiger partial charge in [-0.05, 0) is 86.7 Å². The summed E-state index contributed by atoms with van der Waals surface area (Å²) in [5.74, 6) is -2.55. The molecule has 1 fully saturated rings. The second-order valence-corrected chi connectivity index (χ2v) is 20.8. The first-order chi connectivity index (χ1) is 30.4. The molecular weight excluding hydrogens is 911 g/mol. The number of methoxy groups -OCH3 is 1. The van der Waals surface area contributed by atoms with E-state index in [0.717, 1.165) is 5.70 Å². The number of benzene rings is 2. The van der Waals surface area contributed by atoms with Crippen LogP contribution in [0.5, 0.6) is 0 Å². The number of nitrogens with zero attached hydrogens (tertiary/aromatic N) is 3. The van der Waals surface area contributed by atoms with Gasteiger partial charge in [-0.2, -0.15) is 25.3 Å². The molecule has 0 radical (unpaired) electrons. The van der Waals surface area contributed by atoms with Gasteiger partial charge in [0.05, 0.1) is 47.3 Å². The van der Waals surface area contributed by atoms with Gasteiger partial charge in [-0.3, -0.25) is 23.2 Å². The summed E-state index contributed by atoms with van der Waals surface area (Å²) in [5, 5.41) is 10.6. The molecule has 0 spiro atoms. The first kappa shape index (κ1) is 51.2. The standard InChI is InChI=1S/C43H55N3O16S3/c1-41(21-26-60-4)33-29-31(64(54,55)56)12-14-35(33)44(23-27-61-25-18-40(50)62-46-38(48)16-17-39(46)49)37(41)11-8-6-5-7-9-20-43(3)42(2,19-10-28-63(51,52)53)34-30-32(65(57,58)59)13-15-36(34)45(43)22-24-47/h5-9,11-15,20,29-30,47H,10,16-19,21-28H2,1-4H3,(H,51,52,53)(H,54,55,56)(H,57,58,59)/b7-5+,8-6+,20-9+,37-11+. The molecule has 3 unspecified atom stereocenters. The largest absolute Gasteiger partial charge is 0.395 e. The zero-order chi connectivity index (χ0) is 48.0. The molecule has 3 atom stereocenters. The second-order valence-electron chi connectivity index (χ2n) is 16.4. The van der Waals surface area contributed by atoms with Crippen LogP contribution in [0.4, 0.5) is 11.4 Å². The Morgan fingerprint density at radius 3 is 1.97 bits per heavy atom. The number of hydroxylamine groups is 2. The number of fused-ring (bicyclic) bond motifs is 2. The number of carbonyl (C=O) groups is 3. The molecule has 3 aliphatic heterocycles. The monoisotopic (exact) mass is 965 g/mol. The number of hydrogen-bond donors (Lipinski definition) is 4. The highest BCUT2D eigenvalue weighted by molar-refractivity contribution is 7.86. The first-order valence-electron chi connectivity index (χ1n) is 20.6. The quantitative estimate of drug-likeness (QED) is 0.0561. The highest BCUT2D eigenvalue weighted by Crippen LogP contribution is 2.55. The maximum atomic E-state index is 12.3. The minimum absolute atomic E-state index is 0.0157. The number of amides is 2. The van der Waals surface area contributed by atoms with Gasteiger partial charge in [0, 0.05) is 67.5 Å². The van der Waals surface area contributed by atoms with Gasteiger partial charge in [0.15, 0.2) is 0 Å². The number of aliphatic hydroxyl groups excluding tert-OH is 1. The Labute approximate surface area is 379 Å². The second kappa shape index (κ2) is 20.4. The average Bonchev–Trinajstić information content (AvgIpc) is 3.73. The normalized spacial score (nSPS) is 23.3. The van der Waals surface area contributed by atoms with Gasteiger partial charge in [0.25, 0.3) is 42.2 Å². The van der Waals surface area contributed by atoms with Crippen LogP contribution < -0.4 is 9.80 Å². The Balaban J connectivity index is 1.41. The first-order valence-corrected chi connectivity index (χ1v) is 25.1. The van der Waals surface area contributed by atoms with Crippen LogP contribution in [0.3, 0.4) is 0 Å². The summed E-state index contributed by atoms with van der Waals surface area (Å²) in [5.41, 5.74) is 0.242. The fraction of sp³-hybridized carbons (Fsp3) is 0.465. The maximum Gasteiger partial charge on any atom is 0.335 e. The summed E-state index contributed by atoms with van der Waals surface area (Å²) in [6.07, 6.45) is 12.7. The van der Waals surface area contributed by atoms with Crippen molar-refractivity contribution in [2.24, 2.45) is 0 Å². The van der Waals surface area contributed by atoms with Gasteiger partial charge in [0.2, 0.25) is 0 Å². The lowest BCUT2D eigenvalue weighted by Crippen LogP contribution is -2.54. The van der Waals surface area contributed by atoms with Crippen molar-refractivity contribution >= 4 is 59.5 Å². The lowest BCUT2D eigenvalue weighted by molar-refractivity contribution is -0.198. The maximum absolute atomic E-state index is 12.3. The topological polar surface area (TPSA) is 272 Å². The van der Waals surface area contributed by atoms with Gasteiger partial charge in [-0.25, -0.2) is 4.79 Å². The van der Waals surface area contributed by atoms with Crippen LogP contribution in [0.2, 0.25) is 0 Å². The molecule has 0 aromatic heterocycles. The molecule has 3 aliphatic rings. The summed E-state index contributed by atoms with van der Waals surface area (Å²) in [4.78, 5) is 44.0. The Kier molecular flexibility index (Phi) is 16.1. The number of imide groups is 1. The van der Waals surface area contributed by atoms with E-state index in [0.29, 0.717) is 34.0 Å². The van der Waals surface area contributed by atoms with Crippen LogP contribution in [0.25, 0.3) is 0 Å². The average molecular weight is 966 g/mol. The predicted octanol–water partition coefficient (Wildman–Crippen LogP) is 4.06. The number of allylic oxidation sites excluding steroid dienone is 7. The number of hydrogen-bond acceptors (Lipinski definition) is 15. The summed E-state index contributed by atoms with van der Waals surface area (Å²) < 4.78 is 113. The van der Waals surface area contributed by atoms with E-state index in [4.69, 9.17) is 14.3 Å². The van der Waals surface area contributed by atoms with E-state index in [1.807, 2.05) is 42.7 Å². The highest BCUT2D eigenvalue weighted by atomic mass is 32.2. The van der Waals surface area contributed by atoms with Crippen LogP contribution in [0.1, 0.15) is 70.4 Å². The van der Waals surface area contributed by atoms with Crippen molar-refractivity contribution in [1.29, 1.82) is 0 Å². The molecule has 5 rings (SSSR count). The Morgan fingerprint density at radius 2 is 1.37 bits per heavy atom. The van der Waals surface area contributed by atoms with Crippen LogP contribution in [0.15, 0.2) is 94.4 Å². The SMILES string of the molecule is COCCC1(C)\C(=C/C=C/C=C/C=C/C2(C)N(CCO)c3ccc(S(=O)(=O)O)cc3C2(C)CCCS(=O)(=O)O)N(CCOCCC(=O)ON2C(=O)CCC2=O)c2ccc(S(=O)(=O)O)cc21. The number of aliphatic hydroxyl groups is 1. The molecular formula is C43H55N3O16S3.